The van der Waals surface area contributed by atoms with Crippen molar-refractivity contribution < 1.29 is 9.59 Å². The number of amides is 2. The molecule has 114 valence electrons. The van der Waals surface area contributed by atoms with Crippen LogP contribution in [-0.4, -0.2) is 36.3 Å². The highest BCUT2D eigenvalue weighted by Gasteiger charge is 2.25. The second-order valence-electron chi connectivity index (χ2n) is 5.81. The Bertz CT molecular complexity index is 534. The summed E-state index contributed by atoms with van der Waals surface area (Å²) in [5, 5.41) is 2.99. The van der Waals surface area contributed by atoms with E-state index in [4.69, 9.17) is 5.73 Å². The maximum Gasteiger partial charge on any atom is 0.231 e. The summed E-state index contributed by atoms with van der Waals surface area (Å²) in [6.45, 7) is 5.86. The van der Waals surface area contributed by atoms with Crippen LogP contribution in [0.4, 0.5) is 5.69 Å². The summed E-state index contributed by atoms with van der Waals surface area (Å²) in [7, 11) is 0. The molecule has 0 aromatic heterocycles. The van der Waals surface area contributed by atoms with E-state index in [0.29, 0.717) is 0 Å². The highest BCUT2D eigenvalue weighted by atomic mass is 16.2. The molecular formula is C16H23N3O2. The molecule has 1 heterocycles. The van der Waals surface area contributed by atoms with Crippen LogP contribution in [0, 0.1) is 19.8 Å². The Kier molecular flexibility index (Phi) is 4.96. The van der Waals surface area contributed by atoms with E-state index in [1.807, 2.05) is 30.0 Å². The van der Waals surface area contributed by atoms with E-state index in [1.54, 1.807) is 0 Å². The summed E-state index contributed by atoms with van der Waals surface area (Å²) < 4.78 is 0. The Hall–Kier alpha value is -1.88. The molecule has 0 aliphatic carbocycles. The van der Waals surface area contributed by atoms with Crippen molar-refractivity contribution in [2.24, 2.45) is 11.7 Å². The number of likely N-dealkylation sites (tertiary alicyclic amines) is 1. The molecule has 1 aliphatic rings. The van der Waals surface area contributed by atoms with Gasteiger partial charge in [-0.25, -0.2) is 0 Å². The molecule has 2 rings (SSSR count). The third-order valence-electron chi connectivity index (χ3n) is 4.11. The zero-order valence-electron chi connectivity index (χ0n) is 12.7. The van der Waals surface area contributed by atoms with Gasteiger partial charge in [0.15, 0.2) is 0 Å². The second kappa shape index (κ2) is 6.72. The number of primary amides is 1. The molecule has 5 nitrogen and oxygen atoms in total. The lowest BCUT2D eigenvalue weighted by Gasteiger charge is -2.30. The van der Waals surface area contributed by atoms with Gasteiger partial charge >= 0.3 is 0 Å². The maximum absolute atomic E-state index is 12.3. The van der Waals surface area contributed by atoms with Crippen molar-refractivity contribution in [1.29, 1.82) is 0 Å². The topological polar surface area (TPSA) is 75.4 Å². The Morgan fingerprint density at radius 3 is 2.48 bits per heavy atom. The van der Waals surface area contributed by atoms with E-state index in [1.165, 1.54) is 11.1 Å². The molecule has 21 heavy (non-hydrogen) atoms. The van der Waals surface area contributed by atoms with Crippen molar-refractivity contribution >= 4 is 17.5 Å². The number of anilines is 1. The van der Waals surface area contributed by atoms with Crippen LogP contribution in [0.1, 0.15) is 24.0 Å². The number of rotatable bonds is 4. The molecular weight excluding hydrogens is 266 g/mol. The number of carbonyl (C=O) groups excluding carboxylic acids is 2. The normalized spacial score (nSPS) is 16.7. The van der Waals surface area contributed by atoms with Crippen LogP contribution in [0.3, 0.4) is 0 Å². The van der Waals surface area contributed by atoms with Crippen molar-refractivity contribution in [3.63, 3.8) is 0 Å². The van der Waals surface area contributed by atoms with Crippen molar-refractivity contribution in [1.82, 2.24) is 4.90 Å². The molecule has 5 heteroatoms. The predicted molar refractivity (Wildman–Crippen MR) is 82.9 cm³/mol. The first-order valence-electron chi connectivity index (χ1n) is 7.34. The van der Waals surface area contributed by atoms with Gasteiger partial charge in [0.1, 0.15) is 0 Å². The van der Waals surface area contributed by atoms with Gasteiger partial charge in [0.25, 0.3) is 0 Å². The zero-order chi connectivity index (χ0) is 15.4. The lowest BCUT2D eigenvalue weighted by Crippen LogP contribution is -2.42. The fourth-order valence-corrected chi connectivity index (χ4v) is 2.64. The highest BCUT2D eigenvalue weighted by Crippen LogP contribution is 2.20. The standard InChI is InChI=1S/C16H23N3O2/c1-11-3-4-14(9-12(11)2)18-16(21)13-5-7-19(8-6-13)10-15(17)20/h3-4,9,13H,5-8,10H2,1-2H3,(H2,17,20)(H,18,21). The van der Waals surface area contributed by atoms with E-state index in [2.05, 4.69) is 12.2 Å². The Labute approximate surface area is 125 Å². The summed E-state index contributed by atoms with van der Waals surface area (Å²) >= 11 is 0. The molecule has 0 spiro atoms. The van der Waals surface area contributed by atoms with Gasteiger partial charge in [-0.2, -0.15) is 0 Å². The van der Waals surface area contributed by atoms with Crippen molar-refractivity contribution in [3.8, 4) is 0 Å². The minimum atomic E-state index is -0.312. The number of nitrogens with zero attached hydrogens (tertiary/aromatic N) is 1. The quantitative estimate of drug-likeness (QED) is 0.880. The Morgan fingerprint density at radius 1 is 1.24 bits per heavy atom. The van der Waals surface area contributed by atoms with Gasteiger partial charge in [-0.05, 0) is 63.0 Å². The largest absolute Gasteiger partial charge is 0.369 e. The predicted octanol–water partition coefficient (Wildman–Crippen LogP) is 1.44. The monoisotopic (exact) mass is 289 g/mol. The number of hydrogen-bond acceptors (Lipinski definition) is 3. The first-order valence-corrected chi connectivity index (χ1v) is 7.34. The van der Waals surface area contributed by atoms with Crippen LogP contribution >= 0.6 is 0 Å². The van der Waals surface area contributed by atoms with Crippen LogP contribution in [0.15, 0.2) is 18.2 Å². The van der Waals surface area contributed by atoms with Crippen LogP contribution < -0.4 is 11.1 Å². The SMILES string of the molecule is Cc1ccc(NC(=O)C2CCN(CC(N)=O)CC2)cc1C. The minimum Gasteiger partial charge on any atom is -0.369 e. The third kappa shape index (κ3) is 4.29. The van der Waals surface area contributed by atoms with Crippen LogP contribution in [-0.2, 0) is 9.59 Å². The molecule has 0 atom stereocenters. The number of hydrogen-bond donors (Lipinski definition) is 2. The average molecular weight is 289 g/mol. The first-order chi connectivity index (χ1) is 9.95. The summed E-state index contributed by atoms with van der Waals surface area (Å²) in [5.74, 6) is -0.235. The summed E-state index contributed by atoms with van der Waals surface area (Å²) in [5.41, 5.74) is 8.42. The molecule has 1 aliphatic heterocycles. The Morgan fingerprint density at radius 2 is 1.90 bits per heavy atom. The molecule has 1 fully saturated rings. The van der Waals surface area contributed by atoms with Gasteiger partial charge in [-0.3, -0.25) is 14.5 Å². The van der Waals surface area contributed by atoms with Crippen LogP contribution in [0.2, 0.25) is 0 Å². The number of benzene rings is 1. The lowest BCUT2D eigenvalue weighted by atomic mass is 9.95. The van der Waals surface area contributed by atoms with Gasteiger partial charge in [0.2, 0.25) is 11.8 Å². The number of nitrogens with two attached hydrogens (primary N) is 1. The van der Waals surface area contributed by atoms with Crippen LogP contribution in [0.25, 0.3) is 0 Å². The van der Waals surface area contributed by atoms with E-state index in [-0.39, 0.29) is 24.3 Å². The average Bonchev–Trinajstić information content (AvgIpc) is 2.43. The number of carbonyl (C=O) groups is 2. The first kappa shape index (κ1) is 15.5. The van der Waals surface area contributed by atoms with E-state index >= 15 is 0 Å². The van der Waals surface area contributed by atoms with Crippen LogP contribution in [0.5, 0.6) is 0 Å². The van der Waals surface area contributed by atoms with Crippen molar-refractivity contribution in [3.05, 3.63) is 29.3 Å². The molecule has 0 unspecified atom stereocenters. The molecule has 0 radical (unpaired) electrons. The molecule has 0 bridgehead atoms. The number of nitrogens with one attached hydrogen (secondary N) is 1. The van der Waals surface area contributed by atoms with Gasteiger partial charge in [-0.1, -0.05) is 6.07 Å². The molecule has 1 aromatic rings. The molecule has 1 saturated heterocycles. The van der Waals surface area contributed by atoms with Gasteiger partial charge in [0.05, 0.1) is 6.54 Å². The smallest absolute Gasteiger partial charge is 0.231 e. The second-order valence-corrected chi connectivity index (χ2v) is 5.81. The molecule has 0 saturated carbocycles. The van der Waals surface area contributed by atoms with Gasteiger partial charge in [-0.15, -0.1) is 0 Å². The van der Waals surface area contributed by atoms with Crippen molar-refractivity contribution in [2.75, 3.05) is 25.0 Å². The zero-order valence-corrected chi connectivity index (χ0v) is 12.7. The third-order valence-corrected chi connectivity index (χ3v) is 4.11. The number of piperidine rings is 1. The Balaban J connectivity index is 1.87. The van der Waals surface area contributed by atoms with Gasteiger partial charge in [0, 0.05) is 11.6 Å². The molecule has 3 N–H and O–H groups in total. The maximum atomic E-state index is 12.3. The van der Waals surface area contributed by atoms with Gasteiger partial charge < -0.3 is 11.1 Å². The molecule has 2 amide bonds. The fraction of sp³-hybridized carbons (Fsp3) is 0.500. The highest BCUT2D eigenvalue weighted by molar-refractivity contribution is 5.92. The van der Waals surface area contributed by atoms with E-state index in [0.717, 1.165) is 31.6 Å². The fourth-order valence-electron chi connectivity index (χ4n) is 2.64. The number of aryl methyl sites for hydroxylation is 2. The lowest BCUT2D eigenvalue weighted by molar-refractivity contribution is -0.122. The molecule has 1 aromatic carbocycles. The summed E-state index contributed by atoms with van der Waals surface area (Å²) in [6.07, 6.45) is 1.54. The summed E-state index contributed by atoms with van der Waals surface area (Å²) in [6, 6.07) is 5.94. The van der Waals surface area contributed by atoms with E-state index < -0.39 is 0 Å². The van der Waals surface area contributed by atoms with Crippen molar-refractivity contribution in [2.45, 2.75) is 26.7 Å². The summed E-state index contributed by atoms with van der Waals surface area (Å²) in [4.78, 5) is 25.2. The minimum absolute atomic E-state index is 0.00994. The van der Waals surface area contributed by atoms with E-state index in [9.17, 15) is 9.59 Å².